The Bertz CT molecular complexity index is 851. The number of hydrogen-bond acceptors (Lipinski definition) is 8. The predicted octanol–water partition coefficient (Wildman–Crippen LogP) is 10.4. The molecule has 1 unspecified atom stereocenters. The minimum Gasteiger partial charge on any atom is -0.462 e. The van der Waals surface area contributed by atoms with Crippen molar-refractivity contribution in [3.63, 3.8) is 0 Å². The van der Waals surface area contributed by atoms with E-state index < -0.39 is 26.5 Å². The smallest absolute Gasteiger partial charge is 0.462 e. The summed E-state index contributed by atoms with van der Waals surface area (Å²) in [6.45, 7) is 3.66. The van der Waals surface area contributed by atoms with Gasteiger partial charge in [-0.25, -0.2) is 4.57 Å². The molecule has 0 saturated heterocycles. The Hall–Kier alpha value is -1.51. The second kappa shape index (κ2) is 35.3. The monoisotopic (exact) mass is 701 g/mol. The van der Waals surface area contributed by atoms with Gasteiger partial charge in [-0.3, -0.25) is 18.6 Å². The fourth-order valence-electron chi connectivity index (χ4n) is 5.14. The van der Waals surface area contributed by atoms with Gasteiger partial charge >= 0.3 is 19.8 Å². The van der Waals surface area contributed by atoms with Gasteiger partial charge in [0.1, 0.15) is 6.61 Å². The first-order valence-electron chi connectivity index (χ1n) is 19.3. The number of carbonyl (C=O) groups excluding carboxylic acids is 2. The average molecular weight is 702 g/mol. The van der Waals surface area contributed by atoms with E-state index in [0.29, 0.717) is 6.42 Å². The molecule has 0 amide bonds. The van der Waals surface area contributed by atoms with Crippen LogP contribution < -0.4 is 5.73 Å². The molecule has 0 aromatic rings. The number of allylic oxidation sites excluding steroid dienone is 4. The SMILES string of the molecule is CCCC/C=C/CCCCCCCCCCCC(=O)OC[C@H](COP(=O)(O)OCCN)OC(=O)CCCCCCC/C=C/CCCCC. The van der Waals surface area contributed by atoms with Crippen molar-refractivity contribution in [2.24, 2.45) is 5.73 Å². The van der Waals surface area contributed by atoms with Crippen molar-refractivity contribution in [3.05, 3.63) is 24.3 Å². The van der Waals surface area contributed by atoms with E-state index in [1.54, 1.807) is 0 Å². The molecule has 282 valence electrons. The number of nitrogens with two attached hydrogens (primary N) is 1. The van der Waals surface area contributed by atoms with Crippen molar-refractivity contribution in [2.75, 3.05) is 26.4 Å². The molecule has 0 bridgehead atoms. The highest BCUT2D eigenvalue weighted by Gasteiger charge is 2.25. The molecule has 0 aromatic carbocycles. The highest BCUT2D eigenvalue weighted by molar-refractivity contribution is 7.47. The Morgan fingerprint density at radius 1 is 0.604 bits per heavy atom. The molecule has 9 nitrogen and oxygen atoms in total. The van der Waals surface area contributed by atoms with Gasteiger partial charge in [-0.15, -0.1) is 0 Å². The number of phosphoric ester groups is 1. The lowest BCUT2D eigenvalue weighted by Gasteiger charge is -2.19. The first-order chi connectivity index (χ1) is 23.3. The zero-order chi connectivity index (χ0) is 35.4. The van der Waals surface area contributed by atoms with Crippen LogP contribution in [0.2, 0.25) is 0 Å². The number of rotatable bonds is 36. The minimum atomic E-state index is -4.37. The quantitative estimate of drug-likeness (QED) is 0.0283. The first-order valence-corrected chi connectivity index (χ1v) is 20.8. The topological polar surface area (TPSA) is 134 Å². The van der Waals surface area contributed by atoms with Gasteiger partial charge in [0.05, 0.1) is 13.2 Å². The van der Waals surface area contributed by atoms with Gasteiger partial charge < -0.3 is 20.1 Å². The number of esters is 2. The summed E-state index contributed by atoms with van der Waals surface area (Å²) in [7, 11) is -4.37. The fourth-order valence-corrected chi connectivity index (χ4v) is 5.90. The second-order valence-electron chi connectivity index (χ2n) is 12.8. The average Bonchev–Trinajstić information content (AvgIpc) is 3.07. The molecule has 0 radical (unpaired) electrons. The Kier molecular flexibility index (Phi) is 34.2. The van der Waals surface area contributed by atoms with Gasteiger partial charge in [0.2, 0.25) is 0 Å². The number of hydrogen-bond donors (Lipinski definition) is 2. The first kappa shape index (κ1) is 46.5. The molecule has 0 aliphatic heterocycles. The van der Waals surface area contributed by atoms with Crippen LogP contribution in [0.3, 0.4) is 0 Å². The van der Waals surface area contributed by atoms with Crippen molar-refractivity contribution in [1.82, 2.24) is 0 Å². The third-order valence-corrected chi connectivity index (χ3v) is 9.04. The molecule has 0 aliphatic rings. The Morgan fingerprint density at radius 2 is 1.04 bits per heavy atom. The van der Waals surface area contributed by atoms with Crippen molar-refractivity contribution in [1.29, 1.82) is 0 Å². The maximum atomic E-state index is 12.5. The largest absolute Gasteiger partial charge is 0.472 e. The van der Waals surface area contributed by atoms with Crippen LogP contribution in [0.5, 0.6) is 0 Å². The number of unbranched alkanes of at least 4 members (excludes halogenated alkanes) is 19. The van der Waals surface area contributed by atoms with Crippen LogP contribution in [0.25, 0.3) is 0 Å². The van der Waals surface area contributed by atoms with Gasteiger partial charge in [0.25, 0.3) is 0 Å². The van der Waals surface area contributed by atoms with E-state index in [9.17, 15) is 19.0 Å². The summed E-state index contributed by atoms with van der Waals surface area (Å²) in [6, 6.07) is 0. The zero-order valence-corrected chi connectivity index (χ0v) is 31.6. The number of carbonyl (C=O) groups is 2. The second-order valence-corrected chi connectivity index (χ2v) is 14.2. The summed E-state index contributed by atoms with van der Waals surface area (Å²) in [5.74, 6) is -0.841. The lowest BCUT2D eigenvalue weighted by Crippen LogP contribution is -2.29. The molecular formula is C38H72NO8P. The molecule has 0 heterocycles. The molecule has 10 heteroatoms. The summed E-state index contributed by atoms with van der Waals surface area (Å²) in [6.07, 6.45) is 34.9. The lowest BCUT2D eigenvalue weighted by molar-refractivity contribution is -0.161. The number of ether oxygens (including phenoxy) is 2. The van der Waals surface area contributed by atoms with E-state index in [4.69, 9.17) is 24.3 Å². The normalized spacial score (nSPS) is 13.7. The van der Waals surface area contributed by atoms with Crippen LogP contribution in [0.15, 0.2) is 24.3 Å². The van der Waals surface area contributed by atoms with E-state index >= 15 is 0 Å². The molecule has 48 heavy (non-hydrogen) atoms. The summed E-state index contributed by atoms with van der Waals surface area (Å²) in [5, 5.41) is 0. The Balaban J connectivity index is 4.21. The van der Waals surface area contributed by atoms with Gasteiger partial charge in [-0.2, -0.15) is 0 Å². The Morgan fingerprint density at radius 3 is 1.54 bits per heavy atom. The Labute approximate surface area is 293 Å². The maximum Gasteiger partial charge on any atom is 0.472 e. The zero-order valence-electron chi connectivity index (χ0n) is 30.7. The summed E-state index contributed by atoms with van der Waals surface area (Å²) >= 11 is 0. The molecule has 0 fully saturated rings. The van der Waals surface area contributed by atoms with E-state index in [0.717, 1.165) is 57.8 Å². The standard InChI is InChI=1S/C38H72NO8P/c1-3-5-7-9-11-13-15-17-18-19-21-22-24-26-28-30-37(40)44-34-36(35-46-48(42,43)45-33-32-39)47-38(41)31-29-27-25-23-20-16-14-12-10-8-6-4-2/h9,11-12,14,36H,3-8,10,13,15-35,39H2,1-2H3,(H,42,43)/b11-9+,14-12+/t36-/m1/s1. The van der Waals surface area contributed by atoms with E-state index in [-0.39, 0.29) is 38.6 Å². The molecule has 0 spiro atoms. The van der Waals surface area contributed by atoms with Crippen molar-refractivity contribution >= 4 is 19.8 Å². The van der Waals surface area contributed by atoms with Gasteiger partial charge in [0.15, 0.2) is 6.10 Å². The molecule has 3 N–H and O–H groups in total. The highest BCUT2D eigenvalue weighted by atomic mass is 31.2. The molecule has 0 rings (SSSR count). The highest BCUT2D eigenvalue weighted by Crippen LogP contribution is 2.43. The maximum absolute atomic E-state index is 12.5. The fraction of sp³-hybridized carbons (Fsp3) is 0.842. The van der Waals surface area contributed by atoms with Crippen LogP contribution >= 0.6 is 7.82 Å². The molecule has 0 aromatic heterocycles. The van der Waals surface area contributed by atoms with E-state index in [1.807, 2.05) is 0 Å². The van der Waals surface area contributed by atoms with E-state index in [1.165, 1.54) is 83.5 Å². The van der Waals surface area contributed by atoms with Gasteiger partial charge in [-0.05, 0) is 57.8 Å². The van der Waals surface area contributed by atoms with Crippen molar-refractivity contribution < 1.29 is 37.6 Å². The van der Waals surface area contributed by atoms with E-state index in [2.05, 4.69) is 38.2 Å². The van der Waals surface area contributed by atoms with Crippen LogP contribution in [0.1, 0.15) is 174 Å². The third-order valence-electron chi connectivity index (χ3n) is 8.06. The van der Waals surface area contributed by atoms with Crippen LogP contribution in [-0.2, 0) is 32.7 Å². The predicted molar refractivity (Wildman–Crippen MR) is 197 cm³/mol. The molecule has 0 aliphatic carbocycles. The summed E-state index contributed by atoms with van der Waals surface area (Å²) in [5.41, 5.74) is 5.33. The summed E-state index contributed by atoms with van der Waals surface area (Å²) in [4.78, 5) is 34.7. The van der Waals surface area contributed by atoms with Gasteiger partial charge in [0, 0.05) is 19.4 Å². The van der Waals surface area contributed by atoms with Crippen LogP contribution in [0.4, 0.5) is 0 Å². The molecule has 0 saturated carbocycles. The minimum absolute atomic E-state index is 0.0526. The lowest BCUT2D eigenvalue weighted by atomic mass is 10.1. The third kappa shape index (κ3) is 34.4. The molecular weight excluding hydrogens is 629 g/mol. The number of phosphoric acid groups is 1. The van der Waals surface area contributed by atoms with Gasteiger partial charge in [-0.1, -0.05) is 128 Å². The summed E-state index contributed by atoms with van der Waals surface area (Å²) < 4.78 is 32.6. The van der Waals surface area contributed by atoms with Crippen molar-refractivity contribution in [3.8, 4) is 0 Å². The van der Waals surface area contributed by atoms with Crippen molar-refractivity contribution in [2.45, 2.75) is 180 Å². The molecule has 2 atom stereocenters. The van der Waals surface area contributed by atoms with Crippen LogP contribution in [-0.4, -0.2) is 49.3 Å². The van der Waals surface area contributed by atoms with Crippen LogP contribution in [0, 0.1) is 0 Å².